The summed E-state index contributed by atoms with van der Waals surface area (Å²) in [5.41, 5.74) is 0.897. The highest BCUT2D eigenvalue weighted by atomic mass is 16.5. The van der Waals surface area contributed by atoms with Gasteiger partial charge in [-0.05, 0) is 43.2 Å². The van der Waals surface area contributed by atoms with Gasteiger partial charge in [-0.15, -0.1) is 0 Å². The molecule has 0 radical (unpaired) electrons. The summed E-state index contributed by atoms with van der Waals surface area (Å²) in [4.78, 5) is 34.9. The van der Waals surface area contributed by atoms with Crippen molar-refractivity contribution in [1.29, 1.82) is 0 Å². The largest absolute Gasteiger partial charge is 0.496 e. The van der Waals surface area contributed by atoms with Crippen molar-refractivity contribution in [3.05, 3.63) is 53.5 Å². The van der Waals surface area contributed by atoms with Crippen molar-refractivity contribution >= 4 is 17.8 Å². The summed E-state index contributed by atoms with van der Waals surface area (Å²) in [5, 5.41) is 14.2. The van der Waals surface area contributed by atoms with E-state index in [2.05, 4.69) is 10.6 Å². The predicted octanol–water partition coefficient (Wildman–Crippen LogP) is 1.46. The van der Waals surface area contributed by atoms with Crippen LogP contribution in [-0.2, 0) is 11.2 Å². The SMILES string of the molecule is COc1cc(C(=O)O)ccc1CCNC(=O)C(C)NC(=O)c1ccco1. The second kappa shape index (κ2) is 8.70. The number of benzene rings is 1. The van der Waals surface area contributed by atoms with E-state index in [1.165, 1.54) is 31.6 Å². The number of carbonyl (C=O) groups is 3. The molecule has 0 aliphatic rings. The lowest BCUT2D eigenvalue weighted by molar-refractivity contribution is -0.122. The lowest BCUT2D eigenvalue weighted by Crippen LogP contribution is -2.45. The van der Waals surface area contributed by atoms with Gasteiger partial charge in [0, 0.05) is 6.54 Å². The molecular weight excluding hydrogens is 340 g/mol. The molecule has 0 saturated heterocycles. The van der Waals surface area contributed by atoms with Gasteiger partial charge in [-0.25, -0.2) is 4.79 Å². The van der Waals surface area contributed by atoms with Crippen molar-refractivity contribution < 1.29 is 28.6 Å². The van der Waals surface area contributed by atoms with Gasteiger partial charge < -0.3 is 24.9 Å². The Morgan fingerprint density at radius 1 is 1.27 bits per heavy atom. The molecule has 138 valence electrons. The number of carboxylic acids is 1. The fourth-order valence-corrected chi connectivity index (χ4v) is 2.30. The maximum atomic E-state index is 12.1. The molecule has 2 rings (SSSR count). The number of hydrogen-bond donors (Lipinski definition) is 3. The van der Waals surface area contributed by atoms with Crippen LogP contribution in [0.3, 0.4) is 0 Å². The zero-order valence-corrected chi connectivity index (χ0v) is 14.4. The third-order valence-electron chi connectivity index (χ3n) is 3.71. The van der Waals surface area contributed by atoms with Gasteiger partial charge in [0.25, 0.3) is 5.91 Å². The van der Waals surface area contributed by atoms with Gasteiger partial charge in [0.15, 0.2) is 5.76 Å². The van der Waals surface area contributed by atoms with Crippen LogP contribution in [0.2, 0.25) is 0 Å². The van der Waals surface area contributed by atoms with E-state index < -0.39 is 17.9 Å². The van der Waals surface area contributed by atoms with E-state index in [-0.39, 0.29) is 17.2 Å². The third-order valence-corrected chi connectivity index (χ3v) is 3.71. The Balaban J connectivity index is 1.86. The Hall–Kier alpha value is -3.29. The first-order valence-corrected chi connectivity index (χ1v) is 7.94. The maximum Gasteiger partial charge on any atom is 0.335 e. The number of nitrogens with one attached hydrogen (secondary N) is 2. The highest BCUT2D eigenvalue weighted by molar-refractivity contribution is 5.95. The number of ether oxygens (including phenoxy) is 1. The molecule has 3 N–H and O–H groups in total. The van der Waals surface area contributed by atoms with Crippen LogP contribution in [0.1, 0.15) is 33.4 Å². The summed E-state index contributed by atoms with van der Waals surface area (Å²) in [7, 11) is 1.45. The van der Waals surface area contributed by atoms with E-state index >= 15 is 0 Å². The van der Waals surface area contributed by atoms with Crippen molar-refractivity contribution in [2.75, 3.05) is 13.7 Å². The van der Waals surface area contributed by atoms with Gasteiger partial charge in [0.05, 0.1) is 18.9 Å². The topological polar surface area (TPSA) is 118 Å². The first-order chi connectivity index (χ1) is 12.4. The molecule has 0 fully saturated rings. The number of hydrogen-bond acceptors (Lipinski definition) is 5. The average Bonchev–Trinajstić information content (AvgIpc) is 3.16. The zero-order valence-electron chi connectivity index (χ0n) is 14.4. The molecule has 0 aliphatic carbocycles. The van der Waals surface area contributed by atoms with E-state index in [9.17, 15) is 14.4 Å². The van der Waals surface area contributed by atoms with Gasteiger partial charge in [0.2, 0.25) is 5.91 Å². The number of carbonyl (C=O) groups excluding carboxylic acids is 2. The van der Waals surface area contributed by atoms with Crippen LogP contribution in [-0.4, -0.2) is 42.6 Å². The van der Waals surface area contributed by atoms with Gasteiger partial charge >= 0.3 is 5.97 Å². The molecule has 1 atom stereocenters. The second-order valence-corrected chi connectivity index (χ2v) is 5.55. The summed E-state index contributed by atoms with van der Waals surface area (Å²) >= 11 is 0. The minimum atomic E-state index is -1.04. The standard InChI is InChI=1S/C18H20N2O6/c1-11(20-17(22)14-4-3-9-26-14)16(21)19-8-7-12-5-6-13(18(23)24)10-15(12)25-2/h3-6,9-11H,7-8H2,1-2H3,(H,19,21)(H,20,22)(H,23,24). The van der Waals surface area contributed by atoms with Crippen LogP contribution in [0.25, 0.3) is 0 Å². The molecule has 26 heavy (non-hydrogen) atoms. The van der Waals surface area contributed by atoms with Crippen LogP contribution in [0.5, 0.6) is 5.75 Å². The molecule has 0 spiro atoms. The van der Waals surface area contributed by atoms with E-state index in [4.69, 9.17) is 14.3 Å². The Morgan fingerprint density at radius 2 is 2.04 bits per heavy atom. The monoisotopic (exact) mass is 360 g/mol. The maximum absolute atomic E-state index is 12.1. The Morgan fingerprint density at radius 3 is 2.65 bits per heavy atom. The number of furan rings is 1. The molecule has 0 aliphatic heterocycles. The molecule has 0 saturated carbocycles. The van der Waals surface area contributed by atoms with Crippen LogP contribution in [0.15, 0.2) is 41.0 Å². The number of amides is 2. The molecule has 1 unspecified atom stereocenters. The van der Waals surface area contributed by atoms with Gasteiger partial charge in [-0.1, -0.05) is 6.07 Å². The molecule has 1 heterocycles. The van der Waals surface area contributed by atoms with Crippen molar-refractivity contribution in [2.45, 2.75) is 19.4 Å². The summed E-state index contributed by atoms with van der Waals surface area (Å²) < 4.78 is 10.2. The summed E-state index contributed by atoms with van der Waals surface area (Å²) in [6.45, 7) is 1.88. The second-order valence-electron chi connectivity index (χ2n) is 5.55. The number of methoxy groups -OCH3 is 1. The number of aromatic carboxylic acids is 1. The molecule has 2 amide bonds. The van der Waals surface area contributed by atoms with Crippen molar-refractivity contribution in [2.24, 2.45) is 0 Å². The zero-order chi connectivity index (χ0) is 19.1. The highest BCUT2D eigenvalue weighted by Gasteiger charge is 2.18. The smallest absolute Gasteiger partial charge is 0.335 e. The van der Waals surface area contributed by atoms with E-state index in [0.29, 0.717) is 18.7 Å². The minimum Gasteiger partial charge on any atom is -0.496 e. The summed E-state index contributed by atoms with van der Waals surface area (Å²) in [6, 6.07) is 6.93. The Labute approximate surface area is 150 Å². The first-order valence-electron chi connectivity index (χ1n) is 7.94. The Bertz CT molecular complexity index is 785. The van der Waals surface area contributed by atoms with E-state index in [0.717, 1.165) is 5.56 Å². The lowest BCUT2D eigenvalue weighted by atomic mass is 10.1. The first kappa shape index (κ1) is 19.0. The number of rotatable bonds is 8. The quantitative estimate of drug-likeness (QED) is 0.656. The van der Waals surface area contributed by atoms with Gasteiger partial charge in [0.1, 0.15) is 11.8 Å². The van der Waals surface area contributed by atoms with Gasteiger partial charge in [-0.3, -0.25) is 9.59 Å². The van der Waals surface area contributed by atoms with Crippen molar-refractivity contribution in [3.8, 4) is 5.75 Å². The predicted molar refractivity (Wildman–Crippen MR) is 92.3 cm³/mol. The Kier molecular flexibility index (Phi) is 6.37. The van der Waals surface area contributed by atoms with Crippen LogP contribution >= 0.6 is 0 Å². The fourth-order valence-electron chi connectivity index (χ4n) is 2.30. The van der Waals surface area contributed by atoms with Crippen LogP contribution in [0.4, 0.5) is 0 Å². The van der Waals surface area contributed by atoms with Crippen LogP contribution < -0.4 is 15.4 Å². The normalized spacial score (nSPS) is 11.5. The van der Waals surface area contributed by atoms with E-state index in [1.54, 1.807) is 19.1 Å². The molecule has 0 bridgehead atoms. The van der Waals surface area contributed by atoms with E-state index in [1.807, 2.05) is 0 Å². The van der Waals surface area contributed by atoms with Crippen molar-refractivity contribution in [1.82, 2.24) is 10.6 Å². The van der Waals surface area contributed by atoms with Crippen molar-refractivity contribution in [3.63, 3.8) is 0 Å². The summed E-state index contributed by atoms with van der Waals surface area (Å²) in [6.07, 6.45) is 1.83. The molecule has 1 aromatic heterocycles. The van der Waals surface area contributed by atoms with Gasteiger partial charge in [-0.2, -0.15) is 0 Å². The summed E-state index contributed by atoms with van der Waals surface area (Å²) in [5.74, 6) is -1.27. The van der Waals surface area contributed by atoms with Crippen LogP contribution in [0, 0.1) is 0 Å². The number of carboxylic acid groups (broad SMARTS) is 1. The minimum absolute atomic E-state index is 0.129. The average molecular weight is 360 g/mol. The molecule has 1 aromatic carbocycles. The molecule has 8 nitrogen and oxygen atoms in total. The third kappa shape index (κ3) is 4.85. The highest BCUT2D eigenvalue weighted by Crippen LogP contribution is 2.20. The molecular formula is C18H20N2O6. The lowest BCUT2D eigenvalue weighted by Gasteiger charge is -2.14. The molecule has 8 heteroatoms. The molecule has 2 aromatic rings. The fraction of sp³-hybridized carbons (Fsp3) is 0.278.